The van der Waals surface area contributed by atoms with Gasteiger partial charge in [0.15, 0.2) is 5.96 Å². The molecule has 2 N–H and O–H groups in total. The van der Waals surface area contributed by atoms with Crippen LogP contribution in [0.4, 0.5) is 0 Å². The summed E-state index contributed by atoms with van der Waals surface area (Å²) >= 11 is 0. The lowest BCUT2D eigenvalue weighted by atomic mass is 10.1. The van der Waals surface area contributed by atoms with E-state index in [0.717, 1.165) is 28.8 Å². The molecule has 1 aromatic carbocycles. The van der Waals surface area contributed by atoms with Crippen LogP contribution in [-0.4, -0.2) is 51.1 Å². The molecule has 150 valence electrons. The maximum absolute atomic E-state index is 11.8. The fraction of sp³-hybridized carbons (Fsp3) is 0.526. The molecule has 0 bridgehead atoms. The Bertz CT molecular complexity index is 874. The third-order valence-corrected chi connectivity index (χ3v) is 6.31. The largest absolute Gasteiger partial charge is 0.459 e. The molecular formula is C19H30N4O3S. The van der Waals surface area contributed by atoms with Crippen molar-refractivity contribution >= 4 is 27.0 Å². The highest BCUT2D eigenvalue weighted by atomic mass is 32.2. The Morgan fingerprint density at radius 2 is 1.96 bits per heavy atom. The van der Waals surface area contributed by atoms with Gasteiger partial charge in [0.05, 0.1) is 5.75 Å². The van der Waals surface area contributed by atoms with Gasteiger partial charge in [-0.3, -0.25) is 0 Å². The average molecular weight is 395 g/mol. The maximum Gasteiger partial charge on any atom is 0.213 e. The van der Waals surface area contributed by atoms with Gasteiger partial charge in [-0.1, -0.05) is 18.2 Å². The van der Waals surface area contributed by atoms with Crippen molar-refractivity contribution in [3.05, 3.63) is 35.6 Å². The van der Waals surface area contributed by atoms with E-state index in [-0.39, 0.29) is 5.75 Å². The van der Waals surface area contributed by atoms with Gasteiger partial charge in [0.25, 0.3) is 0 Å². The van der Waals surface area contributed by atoms with Gasteiger partial charge in [-0.15, -0.1) is 0 Å². The number of aliphatic imine (C=N–C) groups is 1. The van der Waals surface area contributed by atoms with Gasteiger partial charge in [-0.05, 0) is 33.3 Å². The average Bonchev–Trinajstić information content (AvgIpc) is 2.99. The number of guanidine groups is 1. The highest BCUT2D eigenvalue weighted by molar-refractivity contribution is 7.89. The van der Waals surface area contributed by atoms with Gasteiger partial charge < -0.3 is 15.1 Å². The molecule has 0 amide bonds. The van der Waals surface area contributed by atoms with E-state index >= 15 is 0 Å². The first-order valence-electron chi connectivity index (χ1n) is 9.32. The molecule has 0 saturated carbocycles. The van der Waals surface area contributed by atoms with Crippen LogP contribution in [0, 0.1) is 6.92 Å². The van der Waals surface area contributed by atoms with Crippen LogP contribution in [0.3, 0.4) is 0 Å². The second kappa shape index (κ2) is 9.75. The molecule has 27 heavy (non-hydrogen) atoms. The predicted octanol–water partition coefficient (Wildman–Crippen LogP) is 2.47. The van der Waals surface area contributed by atoms with Crippen LogP contribution in [0.25, 0.3) is 11.0 Å². The molecule has 0 radical (unpaired) electrons. The number of hydrogen-bond acceptors (Lipinski definition) is 4. The summed E-state index contributed by atoms with van der Waals surface area (Å²) in [5.74, 6) is 1.67. The number of rotatable bonds is 9. The zero-order valence-corrected chi connectivity index (χ0v) is 17.4. The third-order valence-electron chi connectivity index (χ3n) is 4.45. The first-order valence-corrected chi connectivity index (χ1v) is 10.9. The molecule has 1 aromatic heterocycles. The lowest BCUT2D eigenvalue weighted by molar-refractivity contribution is 0.461. The lowest BCUT2D eigenvalue weighted by Gasteiger charge is -2.16. The summed E-state index contributed by atoms with van der Waals surface area (Å²) in [6.45, 7) is 8.00. The fourth-order valence-electron chi connectivity index (χ4n) is 2.74. The Labute approximate surface area is 161 Å². The molecule has 0 aliphatic rings. The zero-order valence-electron chi connectivity index (χ0n) is 16.6. The molecule has 7 nitrogen and oxygen atoms in total. The highest BCUT2D eigenvalue weighted by Crippen LogP contribution is 2.25. The Morgan fingerprint density at radius 1 is 1.22 bits per heavy atom. The van der Waals surface area contributed by atoms with E-state index in [4.69, 9.17) is 4.42 Å². The molecule has 0 spiro atoms. The van der Waals surface area contributed by atoms with E-state index in [1.54, 1.807) is 14.0 Å². The number of nitrogens with one attached hydrogen (secondary N) is 2. The van der Waals surface area contributed by atoms with E-state index in [2.05, 4.69) is 15.6 Å². The Hall–Kier alpha value is -2.06. The molecule has 8 heteroatoms. The minimum atomic E-state index is -3.13. The number of nitrogens with zero attached hydrogens (tertiary/aromatic N) is 2. The van der Waals surface area contributed by atoms with Gasteiger partial charge in [-0.2, -0.15) is 0 Å². The number of hydrogen-bond donors (Lipinski definition) is 2. The van der Waals surface area contributed by atoms with Gasteiger partial charge in [-0.25, -0.2) is 17.7 Å². The van der Waals surface area contributed by atoms with Crippen LogP contribution in [0.1, 0.15) is 31.6 Å². The van der Waals surface area contributed by atoms with Crippen LogP contribution >= 0.6 is 0 Å². The number of sulfonamides is 1. The number of para-hydroxylation sites is 1. The van der Waals surface area contributed by atoms with Gasteiger partial charge in [0.1, 0.15) is 17.9 Å². The molecule has 0 saturated heterocycles. The quantitative estimate of drug-likeness (QED) is 0.388. The molecule has 0 atom stereocenters. The second-order valence-corrected chi connectivity index (χ2v) is 8.71. The summed E-state index contributed by atoms with van der Waals surface area (Å²) < 4.78 is 30.8. The number of furan rings is 1. The normalized spacial score (nSPS) is 12.7. The molecular weight excluding hydrogens is 364 g/mol. The van der Waals surface area contributed by atoms with Gasteiger partial charge in [0.2, 0.25) is 10.0 Å². The zero-order chi connectivity index (χ0) is 19.9. The summed E-state index contributed by atoms with van der Waals surface area (Å²) in [6, 6.07) is 7.96. The lowest BCUT2D eigenvalue weighted by Crippen LogP contribution is -2.39. The van der Waals surface area contributed by atoms with Crippen molar-refractivity contribution in [1.29, 1.82) is 0 Å². The van der Waals surface area contributed by atoms with Crippen molar-refractivity contribution < 1.29 is 12.8 Å². The van der Waals surface area contributed by atoms with Crippen LogP contribution in [0.2, 0.25) is 0 Å². The molecule has 0 unspecified atom stereocenters. The minimum absolute atomic E-state index is 0.123. The smallest absolute Gasteiger partial charge is 0.213 e. The van der Waals surface area contributed by atoms with E-state index < -0.39 is 10.0 Å². The molecule has 2 rings (SSSR count). The summed E-state index contributed by atoms with van der Waals surface area (Å²) in [5, 5.41) is 7.56. The summed E-state index contributed by atoms with van der Waals surface area (Å²) in [6.07, 6.45) is 0.698. The summed E-state index contributed by atoms with van der Waals surface area (Å²) in [4.78, 5) is 4.59. The molecule has 0 aliphatic carbocycles. The summed E-state index contributed by atoms with van der Waals surface area (Å²) in [7, 11) is -1.51. The minimum Gasteiger partial charge on any atom is -0.459 e. The first-order chi connectivity index (χ1) is 12.9. The molecule has 2 aromatic rings. The molecule has 1 heterocycles. The Morgan fingerprint density at radius 3 is 2.63 bits per heavy atom. The number of aryl methyl sites for hydroxylation is 1. The first kappa shape index (κ1) is 21.2. The fourth-order valence-corrected chi connectivity index (χ4v) is 3.58. The highest BCUT2D eigenvalue weighted by Gasteiger charge is 2.14. The number of fused-ring (bicyclic) bond motifs is 1. The Kier molecular flexibility index (Phi) is 7.67. The van der Waals surface area contributed by atoms with Crippen LogP contribution < -0.4 is 10.6 Å². The number of benzene rings is 1. The van der Waals surface area contributed by atoms with E-state index in [0.29, 0.717) is 32.0 Å². The van der Waals surface area contributed by atoms with Crippen LogP contribution in [-0.2, 0) is 16.6 Å². The van der Waals surface area contributed by atoms with E-state index in [9.17, 15) is 8.42 Å². The maximum atomic E-state index is 11.8. The van der Waals surface area contributed by atoms with Gasteiger partial charge in [0, 0.05) is 37.6 Å². The van der Waals surface area contributed by atoms with Crippen molar-refractivity contribution in [2.75, 3.05) is 32.4 Å². The van der Waals surface area contributed by atoms with Crippen molar-refractivity contribution in [3.8, 4) is 0 Å². The SMILES string of the molecule is CCNC(=NCc1oc2ccccc2c1C)NCCCN(C)S(=O)(=O)CC. The monoisotopic (exact) mass is 394 g/mol. The summed E-state index contributed by atoms with van der Waals surface area (Å²) in [5.41, 5.74) is 1.98. The van der Waals surface area contributed by atoms with E-state index in [1.807, 2.05) is 38.1 Å². The second-order valence-electron chi connectivity index (χ2n) is 6.34. The van der Waals surface area contributed by atoms with Crippen LogP contribution in [0.15, 0.2) is 33.7 Å². The van der Waals surface area contributed by atoms with Crippen molar-refractivity contribution in [3.63, 3.8) is 0 Å². The van der Waals surface area contributed by atoms with Crippen molar-refractivity contribution in [1.82, 2.24) is 14.9 Å². The van der Waals surface area contributed by atoms with Crippen molar-refractivity contribution in [2.45, 2.75) is 33.7 Å². The van der Waals surface area contributed by atoms with E-state index in [1.165, 1.54) is 4.31 Å². The predicted molar refractivity (Wildman–Crippen MR) is 110 cm³/mol. The third kappa shape index (κ3) is 5.71. The topological polar surface area (TPSA) is 86.9 Å². The van der Waals surface area contributed by atoms with Crippen molar-refractivity contribution in [2.24, 2.45) is 4.99 Å². The standard InChI is InChI=1S/C19H30N4O3S/c1-5-20-19(21-12-9-13-23(4)27(24,25)6-2)22-14-18-15(3)16-10-7-8-11-17(16)26-18/h7-8,10-11H,5-6,9,12-14H2,1-4H3,(H2,20,21,22). The molecule has 0 aliphatic heterocycles. The molecule has 0 fully saturated rings. The van der Waals surface area contributed by atoms with Crippen LogP contribution in [0.5, 0.6) is 0 Å². The Balaban J connectivity index is 1.93. The van der Waals surface area contributed by atoms with Gasteiger partial charge >= 0.3 is 0 Å².